The highest BCUT2D eigenvalue weighted by Crippen LogP contribution is 2.24. The van der Waals surface area contributed by atoms with Gasteiger partial charge in [0.25, 0.3) is 10.0 Å². The Morgan fingerprint density at radius 1 is 0.857 bits per heavy atom. The predicted octanol–water partition coefficient (Wildman–Crippen LogP) is 5.94. The lowest BCUT2D eigenvalue weighted by atomic mass is 10.2. The number of para-hydroxylation sites is 3. The molecule has 35 heavy (non-hydrogen) atoms. The monoisotopic (exact) mass is 480 g/mol. The molecule has 0 saturated heterocycles. The molecule has 0 saturated carbocycles. The molecule has 5 aromatic rings. The number of aryl methyl sites for hydroxylation is 1. The van der Waals surface area contributed by atoms with Crippen LogP contribution in [0.2, 0.25) is 0 Å². The van der Waals surface area contributed by atoms with Crippen LogP contribution in [0.1, 0.15) is 16.7 Å². The number of hydrogen-bond donors (Lipinski definition) is 1. The SMILES string of the molecule is Cc1ccc(S(=O)(=O)Nc2ccccc2C=Nc2nc3ccccc3n2Cc2ccccc2)cc1. The van der Waals surface area contributed by atoms with Crippen LogP contribution in [0.5, 0.6) is 0 Å². The highest BCUT2D eigenvalue weighted by molar-refractivity contribution is 7.92. The number of benzene rings is 4. The molecule has 0 aliphatic carbocycles. The van der Waals surface area contributed by atoms with E-state index in [4.69, 9.17) is 4.98 Å². The molecule has 0 spiro atoms. The molecule has 0 bridgehead atoms. The standard InChI is InChI=1S/C28H24N4O2S/c1-21-15-17-24(18-16-21)35(33,34)31-25-12-6-5-11-23(25)19-29-28-30-26-13-7-8-14-27(26)32(28)20-22-9-3-2-4-10-22/h2-19,31H,20H2,1H3. The zero-order valence-corrected chi connectivity index (χ0v) is 20.0. The maximum Gasteiger partial charge on any atom is 0.261 e. The number of sulfonamides is 1. The lowest BCUT2D eigenvalue weighted by Crippen LogP contribution is -2.14. The second-order valence-corrected chi connectivity index (χ2v) is 9.92. The average molecular weight is 481 g/mol. The fourth-order valence-corrected chi connectivity index (χ4v) is 4.92. The van der Waals surface area contributed by atoms with Crippen LogP contribution in [-0.4, -0.2) is 24.2 Å². The molecule has 1 heterocycles. The largest absolute Gasteiger partial charge is 0.304 e. The average Bonchev–Trinajstić information content (AvgIpc) is 3.21. The Kier molecular flexibility index (Phi) is 6.16. The second kappa shape index (κ2) is 9.56. The summed E-state index contributed by atoms with van der Waals surface area (Å²) in [6, 6.07) is 32.0. The Labute approximate surface area is 204 Å². The van der Waals surface area contributed by atoms with E-state index in [1.54, 1.807) is 42.6 Å². The van der Waals surface area contributed by atoms with Gasteiger partial charge in [-0.1, -0.05) is 78.4 Å². The first kappa shape index (κ1) is 22.6. The summed E-state index contributed by atoms with van der Waals surface area (Å²) in [5, 5.41) is 0. The van der Waals surface area contributed by atoms with Crippen molar-refractivity contribution >= 4 is 38.9 Å². The zero-order chi connectivity index (χ0) is 24.3. The minimum absolute atomic E-state index is 0.208. The quantitative estimate of drug-likeness (QED) is 0.293. The molecule has 4 aromatic carbocycles. The number of aromatic nitrogens is 2. The van der Waals surface area contributed by atoms with Gasteiger partial charge in [-0.15, -0.1) is 0 Å². The molecule has 5 rings (SSSR count). The first-order valence-corrected chi connectivity index (χ1v) is 12.7. The summed E-state index contributed by atoms with van der Waals surface area (Å²) in [7, 11) is -3.74. The highest BCUT2D eigenvalue weighted by atomic mass is 32.2. The Hall–Kier alpha value is -4.23. The molecule has 0 amide bonds. The lowest BCUT2D eigenvalue weighted by molar-refractivity contribution is 0.601. The normalized spacial score (nSPS) is 11.8. The van der Waals surface area contributed by atoms with E-state index in [9.17, 15) is 8.42 Å². The van der Waals surface area contributed by atoms with E-state index in [1.165, 1.54) is 0 Å². The zero-order valence-electron chi connectivity index (χ0n) is 19.2. The summed E-state index contributed by atoms with van der Waals surface area (Å²) < 4.78 is 30.6. The maximum atomic E-state index is 12.9. The van der Waals surface area contributed by atoms with E-state index in [0.717, 1.165) is 22.2 Å². The number of aliphatic imine (C=N–C) groups is 1. The summed E-state index contributed by atoms with van der Waals surface area (Å²) in [5.74, 6) is 0.547. The predicted molar refractivity (Wildman–Crippen MR) is 141 cm³/mol. The van der Waals surface area contributed by atoms with Crippen LogP contribution in [0.15, 0.2) is 113 Å². The first-order valence-electron chi connectivity index (χ1n) is 11.2. The summed E-state index contributed by atoms with van der Waals surface area (Å²) in [4.78, 5) is 9.60. The van der Waals surface area contributed by atoms with Crippen molar-refractivity contribution in [1.82, 2.24) is 9.55 Å². The molecule has 7 heteroatoms. The van der Waals surface area contributed by atoms with Crippen molar-refractivity contribution in [2.45, 2.75) is 18.4 Å². The highest BCUT2D eigenvalue weighted by Gasteiger charge is 2.16. The van der Waals surface area contributed by atoms with Crippen molar-refractivity contribution in [3.63, 3.8) is 0 Å². The van der Waals surface area contributed by atoms with E-state index in [-0.39, 0.29) is 4.90 Å². The van der Waals surface area contributed by atoms with Gasteiger partial charge in [0.2, 0.25) is 5.95 Å². The van der Waals surface area contributed by atoms with Gasteiger partial charge in [0, 0.05) is 11.8 Å². The number of nitrogens with one attached hydrogen (secondary N) is 1. The summed E-state index contributed by atoms with van der Waals surface area (Å²) >= 11 is 0. The van der Waals surface area contributed by atoms with Gasteiger partial charge >= 0.3 is 0 Å². The van der Waals surface area contributed by atoms with Crippen molar-refractivity contribution in [1.29, 1.82) is 0 Å². The third-order valence-corrected chi connectivity index (χ3v) is 7.05. The van der Waals surface area contributed by atoms with Gasteiger partial charge in [0.1, 0.15) is 0 Å². The first-order chi connectivity index (χ1) is 17.0. The molecule has 1 aromatic heterocycles. The molecule has 0 atom stereocenters. The lowest BCUT2D eigenvalue weighted by Gasteiger charge is -2.11. The van der Waals surface area contributed by atoms with Crippen LogP contribution in [-0.2, 0) is 16.6 Å². The van der Waals surface area contributed by atoms with Crippen molar-refractivity contribution in [3.8, 4) is 0 Å². The van der Waals surface area contributed by atoms with Gasteiger partial charge in [-0.25, -0.2) is 18.4 Å². The van der Waals surface area contributed by atoms with Gasteiger partial charge in [-0.2, -0.15) is 0 Å². The Balaban J connectivity index is 1.49. The van der Waals surface area contributed by atoms with Crippen molar-refractivity contribution < 1.29 is 8.42 Å². The van der Waals surface area contributed by atoms with Crippen LogP contribution in [0.25, 0.3) is 11.0 Å². The van der Waals surface area contributed by atoms with Crippen LogP contribution in [0, 0.1) is 6.92 Å². The van der Waals surface area contributed by atoms with E-state index in [1.807, 2.05) is 61.5 Å². The Morgan fingerprint density at radius 3 is 2.34 bits per heavy atom. The molecule has 0 aliphatic rings. The molecule has 6 nitrogen and oxygen atoms in total. The topological polar surface area (TPSA) is 76.3 Å². The van der Waals surface area contributed by atoms with Gasteiger partial charge < -0.3 is 4.57 Å². The van der Waals surface area contributed by atoms with Crippen molar-refractivity contribution in [2.24, 2.45) is 4.99 Å². The van der Waals surface area contributed by atoms with E-state index in [2.05, 4.69) is 26.4 Å². The number of anilines is 1. The molecular weight excluding hydrogens is 456 g/mol. The van der Waals surface area contributed by atoms with E-state index in [0.29, 0.717) is 23.7 Å². The smallest absolute Gasteiger partial charge is 0.261 e. The third-order valence-electron chi connectivity index (χ3n) is 5.67. The van der Waals surface area contributed by atoms with Crippen LogP contribution in [0.3, 0.4) is 0 Å². The van der Waals surface area contributed by atoms with Gasteiger partial charge in [0.05, 0.1) is 28.2 Å². The Bertz CT molecular complexity index is 1610. The van der Waals surface area contributed by atoms with Crippen LogP contribution < -0.4 is 4.72 Å². The number of imidazole rings is 1. The fraction of sp³-hybridized carbons (Fsp3) is 0.0714. The van der Waals surface area contributed by atoms with Crippen molar-refractivity contribution in [3.05, 3.63) is 120 Å². The number of nitrogens with zero attached hydrogens (tertiary/aromatic N) is 3. The number of fused-ring (bicyclic) bond motifs is 1. The van der Waals surface area contributed by atoms with Crippen LogP contribution >= 0.6 is 0 Å². The molecule has 0 fully saturated rings. The minimum Gasteiger partial charge on any atom is -0.304 e. The molecule has 174 valence electrons. The summed E-state index contributed by atoms with van der Waals surface area (Å²) in [6.45, 7) is 2.54. The van der Waals surface area contributed by atoms with Gasteiger partial charge in [-0.3, -0.25) is 4.72 Å². The summed E-state index contributed by atoms with van der Waals surface area (Å²) in [6.07, 6.45) is 1.65. The fourth-order valence-electron chi connectivity index (χ4n) is 3.83. The Morgan fingerprint density at radius 2 is 1.54 bits per heavy atom. The molecule has 0 unspecified atom stereocenters. The van der Waals surface area contributed by atoms with Crippen molar-refractivity contribution in [2.75, 3.05) is 4.72 Å². The number of hydrogen-bond acceptors (Lipinski definition) is 4. The van der Waals surface area contributed by atoms with E-state index < -0.39 is 10.0 Å². The van der Waals surface area contributed by atoms with Gasteiger partial charge in [0.15, 0.2) is 0 Å². The molecule has 1 N–H and O–H groups in total. The minimum atomic E-state index is -3.74. The molecule has 0 aliphatic heterocycles. The molecular formula is C28H24N4O2S. The van der Waals surface area contributed by atoms with Gasteiger partial charge in [-0.05, 0) is 42.8 Å². The van der Waals surface area contributed by atoms with Crippen LogP contribution in [0.4, 0.5) is 11.6 Å². The maximum absolute atomic E-state index is 12.9. The van der Waals surface area contributed by atoms with E-state index >= 15 is 0 Å². The second-order valence-electron chi connectivity index (χ2n) is 8.24. The molecule has 0 radical (unpaired) electrons. The third kappa shape index (κ3) is 5.00. The number of rotatable bonds is 7. The summed E-state index contributed by atoms with van der Waals surface area (Å²) in [5.41, 5.74) is 5.05.